The van der Waals surface area contributed by atoms with Crippen molar-refractivity contribution >= 4 is 44.7 Å². The molecule has 0 bridgehead atoms. The van der Waals surface area contributed by atoms with Gasteiger partial charge >= 0.3 is 6.18 Å². The van der Waals surface area contributed by atoms with Crippen molar-refractivity contribution in [3.8, 4) is 11.5 Å². The SMILES string of the molecule is Nc1nc[n+](CCc2cccc(C(F)(F)F)c2)c2nc(Sc3cc4c(cc3Br)OCO4)[nH]c12. The second-order valence-corrected chi connectivity index (χ2v) is 9.13. The minimum absolute atomic E-state index is 0.175. The number of fused-ring (bicyclic) bond motifs is 2. The van der Waals surface area contributed by atoms with E-state index in [0.717, 1.165) is 21.5 Å². The topological polar surface area (TPSA) is 89.9 Å². The summed E-state index contributed by atoms with van der Waals surface area (Å²) in [5, 5.41) is 0.581. The first-order valence-corrected chi connectivity index (χ1v) is 11.4. The molecule has 0 saturated heterocycles. The number of hydrogen-bond acceptors (Lipinski definition) is 6. The Bertz CT molecular complexity index is 1360. The summed E-state index contributed by atoms with van der Waals surface area (Å²) in [5.74, 6) is 1.59. The minimum atomic E-state index is -4.38. The molecular formula is C21H16BrF3N5O2S+. The van der Waals surface area contributed by atoms with E-state index in [1.165, 1.54) is 24.2 Å². The van der Waals surface area contributed by atoms with Gasteiger partial charge in [0.15, 0.2) is 17.0 Å². The van der Waals surface area contributed by atoms with Crippen molar-refractivity contribution in [2.45, 2.75) is 29.2 Å². The number of nitrogens with two attached hydrogens (primary N) is 1. The number of H-pyrrole nitrogens is 1. The standard InChI is InChI=1S/C21H15BrF3N5O2S/c22-13-7-14-15(32-10-31-14)8-16(13)33-20-28-17-18(26)27-9-30(19(17)29-20)5-4-11-2-1-3-12(6-11)21(23,24)25/h1-3,6-9H,4-5,10H2,(H2,26,28,29)/p+1. The van der Waals surface area contributed by atoms with Crippen LogP contribution in [0.5, 0.6) is 11.5 Å². The fraction of sp³-hybridized carbons (Fsp3) is 0.190. The van der Waals surface area contributed by atoms with Gasteiger partial charge in [0.05, 0.1) is 12.1 Å². The highest BCUT2D eigenvalue weighted by atomic mass is 79.9. The molecule has 0 spiro atoms. The van der Waals surface area contributed by atoms with E-state index in [4.69, 9.17) is 15.2 Å². The van der Waals surface area contributed by atoms with E-state index >= 15 is 0 Å². The Morgan fingerprint density at radius 3 is 2.76 bits per heavy atom. The maximum absolute atomic E-state index is 13.0. The van der Waals surface area contributed by atoms with E-state index in [1.54, 1.807) is 10.6 Å². The number of imidazole rings is 1. The molecule has 0 atom stereocenters. The van der Waals surface area contributed by atoms with Crippen LogP contribution in [0.25, 0.3) is 11.2 Å². The van der Waals surface area contributed by atoms with Crippen LogP contribution in [-0.4, -0.2) is 21.7 Å². The van der Waals surface area contributed by atoms with Crippen LogP contribution in [0.4, 0.5) is 19.0 Å². The molecule has 5 rings (SSSR count). The summed E-state index contributed by atoms with van der Waals surface area (Å²) in [6.07, 6.45) is -2.47. The number of alkyl halides is 3. The van der Waals surface area contributed by atoms with Crippen molar-refractivity contribution in [2.75, 3.05) is 12.5 Å². The Balaban J connectivity index is 1.41. The maximum atomic E-state index is 13.0. The van der Waals surface area contributed by atoms with Crippen LogP contribution >= 0.6 is 27.7 Å². The number of aromatic amines is 1. The number of nitrogen functional groups attached to an aromatic ring is 1. The lowest BCUT2D eigenvalue weighted by molar-refractivity contribution is -0.675. The zero-order valence-corrected chi connectivity index (χ0v) is 19.2. The van der Waals surface area contributed by atoms with Gasteiger partial charge in [-0.3, -0.25) is 0 Å². The highest BCUT2D eigenvalue weighted by Gasteiger charge is 2.30. The van der Waals surface area contributed by atoms with Crippen LogP contribution in [0.2, 0.25) is 0 Å². The Hall–Kier alpha value is -2.99. The van der Waals surface area contributed by atoms with Crippen molar-refractivity contribution in [3.05, 3.63) is 58.3 Å². The summed E-state index contributed by atoms with van der Waals surface area (Å²) in [6.45, 7) is 0.558. The molecule has 0 fully saturated rings. The maximum Gasteiger partial charge on any atom is 0.416 e. The fourth-order valence-corrected chi connectivity index (χ4v) is 4.81. The molecule has 7 nitrogen and oxygen atoms in total. The number of benzene rings is 2. The Morgan fingerprint density at radius 2 is 1.97 bits per heavy atom. The number of nitrogens with one attached hydrogen (secondary N) is 1. The van der Waals surface area contributed by atoms with Crippen molar-refractivity contribution in [3.63, 3.8) is 0 Å². The normalized spacial score (nSPS) is 13.1. The average molecular weight is 539 g/mol. The summed E-state index contributed by atoms with van der Waals surface area (Å²) < 4.78 is 52.4. The zero-order chi connectivity index (χ0) is 23.2. The van der Waals surface area contributed by atoms with Gasteiger partial charge in [-0.1, -0.05) is 28.2 Å². The third-order valence-corrected chi connectivity index (χ3v) is 6.92. The van der Waals surface area contributed by atoms with Gasteiger partial charge in [-0.2, -0.15) is 13.2 Å². The van der Waals surface area contributed by atoms with Crippen LogP contribution in [0.1, 0.15) is 11.1 Å². The van der Waals surface area contributed by atoms with Crippen LogP contribution in [-0.2, 0) is 19.1 Å². The van der Waals surface area contributed by atoms with Crippen LogP contribution in [0, 0.1) is 0 Å². The lowest BCUT2D eigenvalue weighted by atomic mass is 10.1. The molecule has 0 amide bonds. The summed E-state index contributed by atoms with van der Waals surface area (Å²) in [5.41, 5.74) is 7.05. The highest BCUT2D eigenvalue weighted by molar-refractivity contribution is 9.10. The summed E-state index contributed by atoms with van der Waals surface area (Å²) in [7, 11) is 0. The Labute approximate surface area is 198 Å². The number of nitrogens with zero attached hydrogens (tertiary/aromatic N) is 3. The van der Waals surface area contributed by atoms with Crippen molar-refractivity contribution < 1.29 is 27.2 Å². The largest absolute Gasteiger partial charge is 0.454 e. The molecule has 170 valence electrons. The molecule has 33 heavy (non-hydrogen) atoms. The molecule has 0 aliphatic carbocycles. The quantitative estimate of drug-likeness (QED) is 0.357. The predicted molar refractivity (Wildman–Crippen MR) is 118 cm³/mol. The Kier molecular flexibility index (Phi) is 5.57. The van der Waals surface area contributed by atoms with E-state index in [-0.39, 0.29) is 12.6 Å². The third kappa shape index (κ3) is 4.44. The molecule has 0 saturated carbocycles. The van der Waals surface area contributed by atoms with Gasteiger partial charge in [-0.05, 0) is 51.5 Å². The summed E-state index contributed by atoms with van der Waals surface area (Å²) in [6, 6.07) is 8.98. The fourth-order valence-electron chi connectivity index (χ4n) is 3.43. The van der Waals surface area contributed by atoms with E-state index in [9.17, 15) is 13.2 Å². The predicted octanol–water partition coefficient (Wildman–Crippen LogP) is 4.73. The van der Waals surface area contributed by atoms with E-state index in [2.05, 4.69) is 30.9 Å². The van der Waals surface area contributed by atoms with Gasteiger partial charge < -0.3 is 20.2 Å². The van der Waals surface area contributed by atoms with Crippen molar-refractivity contribution in [1.82, 2.24) is 15.0 Å². The van der Waals surface area contributed by atoms with Gasteiger partial charge in [0.2, 0.25) is 24.1 Å². The van der Waals surface area contributed by atoms with Crippen LogP contribution in [0.15, 0.2) is 57.3 Å². The second kappa shape index (κ2) is 8.41. The molecular weight excluding hydrogens is 523 g/mol. The lowest BCUT2D eigenvalue weighted by Gasteiger charge is -2.08. The molecule has 4 aromatic rings. The van der Waals surface area contributed by atoms with Gasteiger partial charge in [0, 0.05) is 15.8 Å². The zero-order valence-electron chi connectivity index (χ0n) is 16.8. The molecule has 12 heteroatoms. The monoisotopic (exact) mass is 538 g/mol. The number of ether oxygens (including phenoxy) is 2. The second-order valence-electron chi connectivity index (χ2n) is 7.25. The highest BCUT2D eigenvalue weighted by Crippen LogP contribution is 2.42. The summed E-state index contributed by atoms with van der Waals surface area (Å²) >= 11 is 4.90. The number of halogens is 4. The Morgan fingerprint density at radius 1 is 1.18 bits per heavy atom. The molecule has 0 unspecified atom stereocenters. The van der Waals surface area contributed by atoms with Gasteiger partial charge in [-0.15, -0.1) is 0 Å². The van der Waals surface area contributed by atoms with Crippen molar-refractivity contribution in [1.29, 1.82) is 0 Å². The molecule has 3 N–H and O–H groups in total. The minimum Gasteiger partial charge on any atom is -0.454 e. The third-order valence-electron chi connectivity index (χ3n) is 5.06. The summed E-state index contributed by atoms with van der Waals surface area (Å²) in [4.78, 5) is 12.9. The number of rotatable bonds is 5. The molecule has 1 aliphatic rings. The average Bonchev–Trinajstić information content (AvgIpc) is 3.40. The van der Waals surface area contributed by atoms with E-state index in [1.807, 2.05) is 12.1 Å². The number of aromatic nitrogens is 4. The lowest BCUT2D eigenvalue weighted by Crippen LogP contribution is -2.36. The van der Waals surface area contributed by atoms with Gasteiger partial charge in [0.1, 0.15) is 0 Å². The van der Waals surface area contributed by atoms with Crippen LogP contribution < -0.4 is 19.8 Å². The first-order valence-electron chi connectivity index (χ1n) is 9.75. The molecule has 2 aromatic carbocycles. The van der Waals surface area contributed by atoms with Gasteiger partial charge in [0.25, 0.3) is 5.65 Å². The molecule has 2 aromatic heterocycles. The first kappa shape index (κ1) is 21.8. The van der Waals surface area contributed by atoms with E-state index in [0.29, 0.717) is 46.3 Å². The smallest absolute Gasteiger partial charge is 0.416 e. The van der Waals surface area contributed by atoms with Crippen LogP contribution in [0.3, 0.4) is 0 Å². The number of aryl methyl sites for hydroxylation is 2. The molecule has 1 aliphatic heterocycles. The first-order chi connectivity index (χ1) is 15.8. The van der Waals surface area contributed by atoms with Crippen molar-refractivity contribution in [2.24, 2.45) is 0 Å². The van der Waals surface area contributed by atoms with Gasteiger partial charge in [-0.25, -0.2) is 4.57 Å². The number of hydrogen-bond donors (Lipinski definition) is 2. The molecule has 3 heterocycles. The number of anilines is 1. The van der Waals surface area contributed by atoms with E-state index < -0.39 is 11.7 Å². The molecule has 0 radical (unpaired) electrons.